The number of carbonyl (C=O) groups excluding carboxylic acids is 1. The Morgan fingerprint density at radius 3 is 2.62 bits per heavy atom. The summed E-state index contributed by atoms with van der Waals surface area (Å²) in [5.74, 6) is -0.0986. The largest absolute Gasteiger partial charge is 0.480 e. The number of amides is 1. The molecular formula is C21H32INO3. The number of hydrogen-bond acceptors (Lipinski definition) is 2. The fourth-order valence-corrected chi connectivity index (χ4v) is 6.83. The number of nitrogens with one attached hydrogen (secondary N) is 1. The molecule has 2 N–H and O–H groups in total. The third kappa shape index (κ3) is 3.33. The molecule has 2 fully saturated rings. The van der Waals surface area contributed by atoms with Gasteiger partial charge >= 0.3 is 5.97 Å². The average Bonchev–Trinajstić information content (AvgIpc) is 2.53. The van der Waals surface area contributed by atoms with Gasteiger partial charge in [0.15, 0.2) is 0 Å². The summed E-state index contributed by atoms with van der Waals surface area (Å²) in [4.78, 5) is 24.3. The Bertz CT molecular complexity index is 643. The molecule has 0 radical (unpaired) electrons. The van der Waals surface area contributed by atoms with Gasteiger partial charge in [0.25, 0.3) is 0 Å². The van der Waals surface area contributed by atoms with Gasteiger partial charge in [-0.3, -0.25) is 9.59 Å². The lowest BCUT2D eigenvalue weighted by Gasteiger charge is -2.58. The number of alkyl halides is 1. The van der Waals surface area contributed by atoms with Crippen LogP contribution >= 0.6 is 22.6 Å². The molecule has 0 aliphatic heterocycles. The lowest BCUT2D eigenvalue weighted by Crippen LogP contribution is -2.57. The van der Waals surface area contributed by atoms with E-state index in [0.29, 0.717) is 15.3 Å². The highest BCUT2D eigenvalue weighted by molar-refractivity contribution is 14.1. The number of carboxylic acids is 1. The number of carbonyl (C=O) groups is 2. The Kier molecular flexibility index (Phi) is 5.26. The summed E-state index contributed by atoms with van der Waals surface area (Å²) in [7, 11) is 0. The summed E-state index contributed by atoms with van der Waals surface area (Å²) in [6, 6.07) is -0.836. The van der Waals surface area contributed by atoms with Gasteiger partial charge in [0.2, 0.25) is 5.91 Å². The van der Waals surface area contributed by atoms with E-state index < -0.39 is 17.4 Å². The van der Waals surface area contributed by atoms with Crippen LogP contribution in [0.25, 0.3) is 0 Å². The highest BCUT2D eigenvalue weighted by Gasteiger charge is 2.57. The minimum Gasteiger partial charge on any atom is -0.480 e. The Balaban J connectivity index is 1.90. The van der Waals surface area contributed by atoms with Gasteiger partial charge in [0.1, 0.15) is 6.04 Å². The van der Waals surface area contributed by atoms with Crippen LogP contribution < -0.4 is 5.32 Å². The van der Waals surface area contributed by atoms with E-state index in [9.17, 15) is 14.7 Å². The fraction of sp³-hybridized carbons (Fsp3) is 0.810. The normalized spacial score (nSPS) is 43.5. The molecular weight excluding hydrogens is 441 g/mol. The van der Waals surface area contributed by atoms with Crippen LogP contribution in [-0.4, -0.2) is 26.4 Å². The SMILES string of the molecule is C[C@@H](NC(=O)[C@]1(C)CCC[C@@]2(C)C3=CC[C@](C)(I)CC3CCC12)C(=O)O. The predicted molar refractivity (Wildman–Crippen MR) is 111 cm³/mol. The standard InChI is InChI=1S/C21H32INO3/c1-13(17(24)25)23-18(26)21(4)10-5-9-20(3)15-8-11-19(2,22)12-14(15)6-7-16(20)21/h8,13-14,16H,5-7,9-12H2,1-4H3,(H,23,26)(H,24,25)/t13-,14?,16?,19+,20+,21-/m1/s1. The molecule has 0 aromatic rings. The van der Waals surface area contributed by atoms with E-state index in [-0.39, 0.29) is 11.3 Å². The number of rotatable bonds is 3. The topological polar surface area (TPSA) is 66.4 Å². The zero-order valence-corrected chi connectivity index (χ0v) is 18.6. The lowest BCUT2D eigenvalue weighted by molar-refractivity contribution is -0.148. The second-order valence-corrected chi connectivity index (χ2v) is 12.1. The van der Waals surface area contributed by atoms with Crippen LogP contribution in [-0.2, 0) is 9.59 Å². The number of fused-ring (bicyclic) bond motifs is 3. The van der Waals surface area contributed by atoms with Crippen molar-refractivity contribution in [3.8, 4) is 0 Å². The first-order valence-corrected chi connectivity index (χ1v) is 11.0. The maximum Gasteiger partial charge on any atom is 0.325 e. The number of aliphatic carboxylic acids is 1. The van der Waals surface area contributed by atoms with Crippen molar-refractivity contribution in [2.24, 2.45) is 22.7 Å². The number of halogens is 1. The molecule has 4 nitrogen and oxygen atoms in total. The molecule has 0 saturated heterocycles. The van der Waals surface area contributed by atoms with Crippen molar-refractivity contribution < 1.29 is 14.7 Å². The van der Waals surface area contributed by atoms with Crippen molar-refractivity contribution in [1.82, 2.24) is 5.32 Å². The number of carboxylic acid groups (broad SMARTS) is 1. The van der Waals surface area contributed by atoms with Gasteiger partial charge in [0.05, 0.1) is 5.41 Å². The molecule has 26 heavy (non-hydrogen) atoms. The van der Waals surface area contributed by atoms with Crippen LogP contribution in [0.15, 0.2) is 11.6 Å². The van der Waals surface area contributed by atoms with Gasteiger partial charge in [-0.05, 0) is 62.7 Å². The fourth-order valence-electron chi connectivity index (χ4n) is 6.07. The van der Waals surface area contributed by atoms with E-state index in [4.69, 9.17) is 0 Å². The third-order valence-electron chi connectivity index (χ3n) is 7.49. The summed E-state index contributed by atoms with van der Waals surface area (Å²) in [5, 5.41) is 11.9. The van der Waals surface area contributed by atoms with Crippen LogP contribution in [0.4, 0.5) is 0 Å². The summed E-state index contributed by atoms with van der Waals surface area (Å²) in [5.41, 5.74) is 1.19. The highest BCUT2D eigenvalue weighted by Crippen LogP contribution is 2.63. The minimum absolute atomic E-state index is 0.0723. The Hall–Kier alpha value is -0.590. The van der Waals surface area contributed by atoms with Crippen LogP contribution in [0.1, 0.15) is 72.6 Å². The van der Waals surface area contributed by atoms with Crippen LogP contribution in [0, 0.1) is 22.7 Å². The molecule has 3 aliphatic rings. The molecule has 0 aromatic heterocycles. The molecule has 146 valence electrons. The van der Waals surface area contributed by atoms with Crippen LogP contribution in [0.3, 0.4) is 0 Å². The molecule has 0 spiro atoms. The Labute approximate surface area is 170 Å². The maximum atomic E-state index is 13.1. The van der Waals surface area contributed by atoms with Crippen LogP contribution in [0.2, 0.25) is 0 Å². The second-order valence-electron chi connectivity index (χ2n) is 9.53. The van der Waals surface area contributed by atoms with Crippen LogP contribution in [0.5, 0.6) is 0 Å². The molecule has 2 saturated carbocycles. The second kappa shape index (κ2) is 6.78. The Morgan fingerprint density at radius 2 is 1.96 bits per heavy atom. The van der Waals surface area contributed by atoms with E-state index >= 15 is 0 Å². The van der Waals surface area contributed by atoms with E-state index in [1.807, 2.05) is 0 Å². The highest BCUT2D eigenvalue weighted by atomic mass is 127. The molecule has 6 atom stereocenters. The van der Waals surface area contributed by atoms with E-state index in [1.54, 1.807) is 12.5 Å². The first-order chi connectivity index (χ1) is 12.0. The van der Waals surface area contributed by atoms with Gasteiger partial charge < -0.3 is 10.4 Å². The molecule has 2 unspecified atom stereocenters. The predicted octanol–water partition coefficient (Wildman–Crippen LogP) is 4.71. The van der Waals surface area contributed by atoms with Gasteiger partial charge in [-0.15, -0.1) is 0 Å². The van der Waals surface area contributed by atoms with Crippen molar-refractivity contribution in [3.63, 3.8) is 0 Å². The summed E-state index contributed by atoms with van der Waals surface area (Å²) < 4.78 is 0.349. The Morgan fingerprint density at radius 1 is 1.27 bits per heavy atom. The van der Waals surface area contributed by atoms with Gasteiger partial charge in [-0.25, -0.2) is 0 Å². The van der Waals surface area contributed by atoms with Crippen molar-refractivity contribution in [2.45, 2.75) is 82.1 Å². The summed E-state index contributed by atoms with van der Waals surface area (Å²) in [6.45, 7) is 8.34. The third-order valence-corrected chi connectivity index (χ3v) is 8.37. The summed E-state index contributed by atoms with van der Waals surface area (Å²) in [6.07, 6.45) is 10.1. The van der Waals surface area contributed by atoms with E-state index in [2.05, 4.69) is 54.8 Å². The maximum absolute atomic E-state index is 13.1. The molecule has 1 amide bonds. The molecule has 3 aliphatic carbocycles. The molecule has 5 heteroatoms. The first-order valence-electron chi connectivity index (χ1n) is 9.93. The van der Waals surface area contributed by atoms with E-state index in [0.717, 1.165) is 38.5 Å². The molecule has 3 rings (SSSR count). The van der Waals surface area contributed by atoms with Crippen molar-refractivity contribution >= 4 is 34.5 Å². The van der Waals surface area contributed by atoms with E-state index in [1.165, 1.54) is 6.42 Å². The van der Waals surface area contributed by atoms with Crippen molar-refractivity contribution in [1.29, 1.82) is 0 Å². The van der Waals surface area contributed by atoms with Gasteiger partial charge in [0, 0.05) is 3.42 Å². The monoisotopic (exact) mass is 473 g/mol. The minimum atomic E-state index is -0.972. The molecule has 0 bridgehead atoms. The average molecular weight is 473 g/mol. The van der Waals surface area contributed by atoms with Crippen molar-refractivity contribution in [3.05, 3.63) is 11.6 Å². The zero-order chi connectivity index (χ0) is 19.3. The zero-order valence-electron chi connectivity index (χ0n) is 16.4. The number of hydrogen-bond donors (Lipinski definition) is 2. The quantitative estimate of drug-likeness (QED) is 0.355. The summed E-state index contributed by atoms with van der Waals surface area (Å²) >= 11 is 2.60. The number of allylic oxidation sites excluding steroid dienone is 2. The van der Waals surface area contributed by atoms with Crippen molar-refractivity contribution in [2.75, 3.05) is 0 Å². The van der Waals surface area contributed by atoms with Gasteiger partial charge in [-0.2, -0.15) is 0 Å². The lowest BCUT2D eigenvalue weighted by atomic mass is 9.46. The first kappa shape index (κ1) is 20.2. The molecule has 0 heterocycles. The molecule has 0 aromatic carbocycles. The smallest absolute Gasteiger partial charge is 0.325 e. The van der Waals surface area contributed by atoms with Gasteiger partial charge in [-0.1, -0.05) is 61.4 Å².